The molecule has 5 nitrogen and oxygen atoms in total. The van der Waals surface area contributed by atoms with Crippen molar-refractivity contribution in [3.8, 4) is 5.75 Å². The second-order valence-electron chi connectivity index (χ2n) is 4.71. The average molecular weight is 282 g/mol. The zero-order valence-electron chi connectivity index (χ0n) is 11.4. The first-order valence-corrected chi connectivity index (χ1v) is 6.66. The van der Waals surface area contributed by atoms with Gasteiger partial charge in [0, 0.05) is 6.54 Å². The molecule has 0 radical (unpaired) electrons. The first-order valence-electron chi connectivity index (χ1n) is 6.66. The van der Waals surface area contributed by atoms with E-state index in [0.29, 0.717) is 32.1 Å². The molecule has 1 saturated heterocycles. The summed E-state index contributed by atoms with van der Waals surface area (Å²) < 4.78 is 23.6. The van der Waals surface area contributed by atoms with Crippen LogP contribution in [0.15, 0.2) is 24.3 Å². The van der Waals surface area contributed by atoms with Crippen LogP contribution in [0.1, 0.15) is 6.92 Å². The van der Waals surface area contributed by atoms with Crippen LogP contribution in [0.2, 0.25) is 0 Å². The van der Waals surface area contributed by atoms with Crippen LogP contribution in [0.4, 0.5) is 4.39 Å². The Morgan fingerprint density at radius 3 is 2.95 bits per heavy atom. The van der Waals surface area contributed by atoms with Crippen molar-refractivity contribution < 1.29 is 18.7 Å². The monoisotopic (exact) mass is 282 g/mol. The minimum absolute atomic E-state index is 0.0979. The standard InChI is InChI=1S/C14H19FN2O3/c1-10(20-12-4-2-11(15)3-5-12)8-17-14(18)13-9-19-7-6-16-13/h2-5,10,13,16H,6-9H2,1H3,(H,17,18). The first-order chi connectivity index (χ1) is 9.65. The predicted octanol–water partition coefficient (Wildman–Crippen LogP) is 0.698. The summed E-state index contributed by atoms with van der Waals surface area (Å²) in [6, 6.07) is 5.49. The van der Waals surface area contributed by atoms with Crippen LogP contribution < -0.4 is 15.4 Å². The number of morpholine rings is 1. The Kier molecular flexibility index (Phi) is 5.31. The molecule has 0 aromatic heterocycles. The maximum atomic E-state index is 12.8. The summed E-state index contributed by atoms with van der Waals surface area (Å²) >= 11 is 0. The second-order valence-corrected chi connectivity index (χ2v) is 4.71. The van der Waals surface area contributed by atoms with Gasteiger partial charge in [-0.05, 0) is 31.2 Å². The van der Waals surface area contributed by atoms with Crippen molar-refractivity contribution in [2.24, 2.45) is 0 Å². The molecule has 1 amide bonds. The Morgan fingerprint density at radius 2 is 2.30 bits per heavy atom. The molecule has 1 fully saturated rings. The molecule has 0 aliphatic carbocycles. The van der Waals surface area contributed by atoms with Crippen LogP contribution in [-0.4, -0.2) is 44.4 Å². The zero-order valence-corrected chi connectivity index (χ0v) is 11.4. The summed E-state index contributed by atoms with van der Waals surface area (Å²) in [7, 11) is 0. The Balaban J connectivity index is 1.72. The van der Waals surface area contributed by atoms with Gasteiger partial charge in [0.1, 0.15) is 23.7 Å². The van der Waals surface area contributed by atoms with E-state index in [9.17, 15) is 9.18 Å². The minimum Gasteiger partial charge on any atom is -0.489 e. The Labute approximate surface area is 117 Å². The highest BCUT2D eigenvalue weighted by Crippen LogP contribution is 2.12. The molecule has 2 N–H and O–H groups in total. The maximum absolute atomic E-state index is 12.8. The smallest absolute Gasteiger partial charge is 0.239 e. The number of hydrogen-bond acceptors (Lipinski definition) is 4. The van der Waals surface area contributed by atoms with Crippen LogP contribution in [0.25, 0.3) is 0 Å². The fourth-order valence-electron chi connectivity index (χ4n) is 1.89. The number of hydrogen-bond donors (Lipinski definition) is 2. The molecule has 2 atom stereocenters. The molecule has 2 unspecified atom stereocenters. The summed E-state index contributed by atoms with van der Waals surface area (Å²) in [5, 5.41) is 5.88. The zero-order chi connectivity index (χ0) is 14.4. The molecule has 1 heterocycles. The molecule has 6 heteroatoms. The highest BCUT2D eigenvalue weighted by Gasteiger charge is 2.21. The van der Waals surface area contributed by atoms with Gasteiger partial charge in [0.25, 0.3) is 0 Å². The number of halogens is 1. The van der Waals surface area contributed by atoms with E-state index in [-0.39, 0.29) is 23.9 Å². The second kappa shape index (κ2) is 7.21. The molecule has 1 aromatic rings. The van der Waals surface area contributed by atoms with E-state index in [1.807, 2.05) is 6.92 Å². The quantitative estimate of drug-likeness (QED) is 0.834. The number of amides is 1. The lowest BCUT2D eigenvalue weighted by atomic mass is 10.2. The van der Waals surface area contributed by atoms with Crippen molar-refractivity contribution in [1.29, 1.82) is 0 Å². The van der Waals surface area contributed by atoms with E-state index < -0.39 is 0 Å². The van der Waals surface area contributed by atoms with Gasteiger partial charge in [-0.25, -0.2) is 4.39 Å². The van der Waals surface area contributed by atoms with Gasteiger partial charge in [-0.2, -0.15) is 0 Å². The third-order valence-electron chi connectivity index (χ3n) is 2.95. The third-order valence-corrected chi connectivity index (χ3v) is 2.95. The number of carbonyl (C=O) groups is 1. The van der Waals surface area contributed by atoms with Gasteiger partial charge in [-0.1, -0.05) is 0 Å². The number of benzene rings is 1. The van der Waals surface area contributed by atoms with E-state index in [4.69, 9.17) is 9.47 Å². The van der Waals surface area contributed by atoms with Gasteiger partial charge in [0.2, 0.25) is 5.91 Å². The van der Waals surface area contributed by atoms with Gasteiger partial charge in [0.05, 0.1) is 19.8 Å². The lowest BCUT2D eigenvalue weighted by molar-refractivity contribution is -0.126. The fourth-order valence-corrected chi connectivity index (χ4v) is 1.89. The molecule has 2 rings (SSSR count). The summed E-state index contributed by atoms with van der Waals surface area (Å²) in [5.74, 6) is 0.174. The minimum atomic E-state index is -0.304. The Hall–Kier alpha value is -1.66. The highest BCUT2D eigenvalue weighted by atomic mass is 19.1. The van der Waals surface area contributed by atoms with E-state index in [2.05, 4.69) is 10.6 Å². The molecule has 0 saturated carbocycles. The topological polar surface area (TPSA) is 59.6 Å². The van der Waals surface area contributed by atoms with Crippen molar-refractivity contribution >= 4 is 5.91 Å². The summed E-state index contributed by atoms with van der Waals surface area (Å²) in [6.45, 7) is 3.93. The van der Waals surface area contributed by atoms with E-state index in [0.717, 1.165) is 0 Å². The fraction of sp³-hybridized carbons (Fsp3) is 0.500. The van der Waals surface area contributed by atoms with Crippen molar-refractivity contribution in [2.45, 2.75) is 19.1 Å². The molecule has 0 bridgehead atoms. The Morgan fingerprint density at radius 1 is 1.55 bits per heavy atom. The van der Waals surface area contributed by atoms with E-state index in [1.165, 1.54) is 12.1 Å². The molecule has 1 aliphatic heterocycles. The van der Waals surface area contributed by atoms with E-state index in [1.54, 1.807) is 12.1 Å². The number of carbonyl (C=O) groups excluding carboxylic acids is 1. The Bertz CT molecular complexity index is 433. The van der Waals surface area contributed by atoms with Gasteiger partial charge < -0.3 is 20.1 Å². The third kappa shape index (κ3) is 4.47. The number of nitrogens with one attached hydrogen (secondary N) is 2. The molecular formula is C14H19FN2O3. The normalized spacial score (nSPS) is 20.2. The summed E-state index contributed by atoms with van der Waals surface area (Å²) in [6.07, 6.45) is -0.200. The van der Waals surface area contributed by atoms with Crippen molar-refractivity contribution in [2.75, 3.05) is 26.3 Å². The summed E-state index contributed by atoms with van der Waals surface area (Å²) in [4.78, 5) is 11.8. The lowest BCUT2D eigenvalue weighted by Crippen LogP contribution is -2.52. The first kappa shape index (κ1) is 14.7. The molecular weight excluding hydrogens is 263 g/mol. The van der Waals surface area contributed by atoms with Crippen LogP contribution in [0, 0.1) is 5.82 Å². The SMILES string of the molecule is CC(CNC(=O)C1COCCN1)Oc1ccc(F)cc1. The van der Waals surface area contributed by atoms with Crippen LogP contribution in [-0.2, 0) is 9.53 Å². The van der Waals surface area contributed by atoms with E-state index >= 15 is 0 Å². The van der Waals surface area contributed by atoms with Gasteiger partial charge in [-0.3, -0.25) is 4.79 Å². The molecule has 110 valence electrons. The number of ether oxygens (including phenoxy) is 2. The lowest BCUT2D eigenvalue weighted by Gasteiger charge is -2.24. The van der Waals surface area contributed by atoms with Gasteiger partial charge in [0.15, 0.2) is 0 Å². The summed E-state index contributed by atoms with van der Waals surface area (Å²) in [5.41, 5.74) is 0. The largest absolute Gasteiger partial charge is 0.489 e. The van der Waals surface area contributed by atoms with Crippen molar-refractivity contribution in [3.05, 3.63) is 30.1 Å². The molecule has 1 aliphatic rings. The van der Waals surface area contributed by atoms with Crippen molar-refractivity contribution in [1.82, 2.24) is 10.6 Å². The molecule has 1 aromatic carbocycles. The predicted molar refractivity (Wildman–Crippen MR) is 72.1 cm³/mol. The molecule has 0 spiro atoms. The maximum Gasteiger partial charge on any atom is 0.239 e. The van der Waals surface area contributed by atoms with Gasteiger partial charge >= 0.3 is 0 Å². The average Bonchev–Trinajstić information content (AvgIpc) is 2.48. The van der Waals surface area contributed by atoms with Crippen LogP contribution >= 0.6 is 0 Å². The number of rotatable bonds is 5. The van der Waals surface area contributed by atoms with Crippen LogP contribution in [0.3, 0.4) is 0 Å². The van der Waals surface area contributed by atoms with Crippen LogP contribution in [0.5, 0.6) is 5.75 Å². The highest BCUT2D eigenvalue weighted by molar-refractivity contribution is 5.82. The molecule has 20 heavy (non-hydrogen) atoms. The van der Waals surface area contributed by atoms with Gasteiger partial charge in [-0.15, -0.1) is 0 Å². The van der Waals surface area contributed by atoms with Crippen molar-refractivity contribution in [3.63, 3.8) is 0 Å².